The van der Waals surface area contributed by atoms with Gasteiger partial charge in [0.25, 0.3) is 0 Å². The highest BCUT2D eigenvalue weighted by Gasteiger charge is 2.59. The molecular formula is C16H15NO6. The number of aliphatic carboxylic acids is 2. The minimum Gasteiger partial charge on any atom is -0.481 e. The monoisotopic (exact) mass is 317 g/mol. The Labute approximate surface area is 131 Å². The molecule has 7 nitrogen and oxygen atoms in total. The van der Waals surface area contributed by atoms with Gasteiger partial charge in [0.15, 0.2) is 0 Å². The van der Waals surface area contributed by atoms with E-state index in [-0.39, 0.29) is 12.8 Å². The summed E-state index contributed by atoms with van der Waals surface area (Å²) in [6, 6.07) is 8.17. The molecule has 3 rings (SSSR count). The van der Waals surface area contributed by atoms with Gasteiger partial charge in [0.05, 0.1) is 29.4 Å². The van der Waals surface area contributed by atoms with Crippen molar-refractivity contribution in [1.29, 1.82) is 0 Å². The Morgan fingerprint density at radius 3 is 1.70 bits per heavy atom. The molecule has 120 valence electrons. The van der Waals surface area contributed by atoms with Gasteiger partial charge in [-0.15, -0.1) is 0 Å². The van der Waals surface area contributed by atoms with Crippen molar-refractivity contribution in [3.8, 4) is 0 Å². The van der Waals surface area contributed by atoms with Crippen LogP contribution in [0.4, 0.5) is 5.69 Å². The second kappa shape index (κ2) is 5.49. The Hall–Kier alpha value is -2.70. The number of benzene rings is 1. The average molecular weight is 317 g/mol. The Morgan fingerprint density at radius 2 is 1.30 bits per heavy atom. The highest BCUT2D eigenvalue weighted by atomic mass is 16.4. The molecule has 1 heterocycles. The van der Waals surface area contributed by atoms with Crippen LogP contribution in [0.25, 0.3) is 0 Å². The molecule has 2 N–H and O–H groups in total. The second-order valence-electron chi connectivity index (χ2n) is 5.87. The zero-order chi connectivity index (χ0) is 16.7. The molecule has 1 aliphatic heterocycles. The van der Waals surface area contributed by atoms with Crippen molar-refractivity contribution in [2.24, 2.45) is 23.7 Å². The first-order valence-electron chi connectivity index (χ1n) is 7.32. The van der Waals surface area contributed by atoms with E-state index in [0.29, 0.717) is 5.69 Å². The maximum Gasteiger partial charge on any atom is 0.307 e. The standard InChI is InChI=1S/C16H15NO6/c18-13-11-9(15(20)21)6-7-10(16(22)23)12(11)14(19)17(13)8-4-2-1-3-5-8/h1-5,9-12H,6-7H2,(H,20,21)(H,22,23). The minimum atomic E-state index is -1.17. The van der Waals surface area contributed by atoms with Crippen molar-refractivity contribution in [2.75, 3.05) is 4.90 Å². The van der Waals surface area contributed by atoms with Gasteiger partial charge >= 0.3 is 11.9 Å². The van der Waals surface area contributed by atoms with Gasteiger partial charge in [-0.2, -0.15) is 0 Å². The molecule has 23 heavy (non-hydrogen) atoms. The van der Waals surface area contributed by atoms with E-state index in [1.54, 1.807) is 30.3 Å². The molecular weight excluding hydrogens is 302 g/mol. The molecule has 1 aliphatic carbocycles. The van der Waals surface area contributed by atoms with Gasteiger partial charge in [0, 0.05) is 0 Å². The van der Waals surface area contributed by atoms with E-state index in [1.165, 1.54) is 0 Å². The zero-order valence-corrected chi connectivity index (χ0v) is 12.1. The highest BCUT2D eigenvalue weighted by molar-refractivity contribution is 6.23. The van der Waals surface area contributed by atoms with Crippen LogP contribution in [0, 0.1) is 23.7 Å². The van der Waals surface area contributed by atoms with E-state index in [0.717, 1.165) is 4.90 Å². The molecule has 1 saturated heterocycles. The summed E-state index contributed by atoms with van der Waals surface area (Å²) in [5.41, 5.74) is 0.338. The highest BCUT2D eigenvalue weighted by Crippen LogP contribution is 2.46. The van der Waals surface area contributed by atoms with Crippen LogP contribution in [-0.4, -0.2) is 34.0 Å². The first kappa shape index (κ1) is 15.2. The Bertz CT molecular complexity index is 645. The predicted octanol–water partition coefficient (Wildman–Crippen LogP) is 0.988. The van der Waals surface area contributed by atoms with Gasteiger partial charge in [0.2, 0.25) is 11.8 Å². The molecule has 0 aromatic heterocycles. The van der Waals surface area contributed by atoms with E-state index in [1.807, 2.05) is 0 Å². The van der Waals surface area contributed by atoms with Crippen LogP contribution in [0.15, 0.2) is 30.3 Å². The van der Waals surface area contributed by atoms with Crippen molar-refractivity contribution in [3.63, 3.8) is 0 Å². The lowest BCUT2D eigenvalue weighted by Gasteiger charge is -2.31. The maximum atomic E-state index is 12.7. The molecule has 4 unspecified atom stereocenters. The molecule has 1 aromatic rings. The number of carboxylic acid groups (broad SMARTS) is 2. The summed E-state index contributed by atoms with van der Waals surface area (Å²) in [7, 11) is 0. The Balaban J connectivity index is 2.06. The second-order valence-corrected chi connectivity index (χ2v) is 5.87. The van der Waals surface area contributed by atoms with Crippen LogP contribution in [0.2, 0.25) is 0 Å². The van der Waals surface area contributed by atoms with Gasteiger partial charge in [-0.1, -0.05) is 18.2 Å². The first-order chi connectivity index (χ1) is 10.9. The Morgan fingerprint density at radius 1 is 0.870 bits per heavy atom. The van der Waals surface area contributed by atoms with Crippen LogP contribution >= 0.6 is 0 Å². The molecule has 2 amide bonds. The van der Waals surface area contributed by atoms with Crippen molar-refractivity contribution in [3.05, 3.63) is 30.3 Å². The average Bonchev–Trinajstić information content (AvgIpc) is 2.79. The summed E-state index contributed by atoms with van der Waals surface area (Å²) in [4.78, 5) is 49.2. The third kappa shape index (κ3) is 2.28. The van der Waals surface area contributed by atoms with E-state index in [4.69, 9.17) is 0 Å². The third-order valence-electron chi connectivity index (χ3n) is 4.70. The van der Waals surface area contributed by atoms with Crippen molar-refractivity contribution < 1.29 is 29.4 Å². The quantitative estimate of drug-likeness (QED) is 0.804. The van der Waals surface area contributed by atoms with Gasteiger partial charge in [-0.25, -0.2) is 0 Å². The molecule has 0 spiro atoms. The largest absolute Gasteiger partial charge is 0.481 e. The smallest absolute Gasteiger partial charge is 0.307 e. The van der Waals surface area contributed by atoms with Crippen LogP contribution in [0.3, 0.4) is 0 Å². The van der Waals surface area contributed by atoms with Crippen LogP contribution in [0.5, 0.6) is 0 Å². The summed E-state index contributed by atoms with van der Waals surface area (Å²) in [6.45, 7) is 0. The predicted molar refractivity (Wildman–Crippen MR) is 77.4 cm³/mol. The topological polar surface area (TPSA) is 112 Å². The van der Waals surface area contributed by atoms with E-state index in [2.05, 4.69) is 0 Å². The lowest BCUT2D eigenvalue weighted by Crippen LogP contribution is -2.42. The molecule has 1 aromatic carbocycles. The number of imide groups is 1. The van der Waals surface area contributed by atoms with E-state index in [9.17, 15) is 29.4 Å². The molecule has 4 atom stereocenters. The van der Waals surface area contributed by atoms with Crippen LogP contribution < -0.4 is 4.90 Å². The van der Waals surface area contributed by atoms with Gasteiger partial charge in [-0.05, 0) is 25.0 Å². The number of para-hydroxylation sites is 1. The van der Waals surface area contributed by atoms with Crippen molar-refractivity contribution in [1.82, 2.24) is 0 Å². The lowest BCUT2D eigenvalue weighted by molar-refractivity contribution is -0.157. The van der Waals surface area contributed by atoms with E-state index < -0.39 is 47.4 Å². The Kier molecular flexibility index (Phi) is 3.63. The summed E-state index contributed by atoms with van der Waals surface area (Å²) in [6.07, 6.45) is 0.157. The normalized spacial score (nSPS) is 30.2. The van der Waals surface area contributed by atoms with Gasteiger partial charge in [0.1, 0.15) is 0 Å². The lowest BCUT2D eigenvalue weighted by atomic mass is 9.67. The molecule has 0 bridgehead atoms. The van der Waals surface area contributed by atoms with Crippen LogP contribution in [0.1, 0.15) is 12.8 Å². The summed E-state index contributed by atoms with van der Waals surface area (Å²) in [5.74, 6) is -7.86. The van der Waals surface area contributed by atoms with Gasteiger partial charge < -0.3 is 10.2 Å². The SMILES string of the molecule is O=C(O)C1CCC(C(=O)O)C2C(=O)N(c3ccccc3)C(=O)C12. The molecule has 2 fully saturated rings. The number of anilines is 1. The molecule has 2 aliphatic rings. The number of rotatable bonds is 3. The number of nitrogens with zero attached hydrogens (tertiary/aromatic N) is 1. The van der Waals surface area contributed by atoms with Gasteiger partial charge in [-0.3, -0.25) is 24.1 Å². The first-order valence-corrected chi connectivity index (χ1v) is 7.32. The summed E-state index contributed by atoms with van der Waals surface area (Å²) in [5, 5.41) is 18.7. The molecule has 7 heteroatoms. The fourth-order valence-electron chi connectivity index (χ4n) is 3.66. The number of carbonyl (C=O) groups is 4. The maximum absolute atomic E-state index is 12.7. The molecule has 0 radical (unpaired) electrons. The summed E-state index contributed by atoms with van der Waals surface area (Å²) >= 11 is 0. The van der Waals surface area contributed by atoms with Crippen molar-refractivity contribution >= 4 is 29.4 Å². The van der Waals surface area contributed by atoms with Crippen LogP contribution in [-0.2, 0) is 19.2 Å². The van der Waals surface area contributed by atoms with Crippen molar-refractivity contribution in [2.45, 2.75) is 12.8 Å². The number of hydrogen-bond acceptors (Lipinski definition) is 4. The summed E-state index contributed by atoms with van der Waals surface area (Å²) < 4.78 is 0. The molecule has 1 saturated carbocycles. The zero-order valence-electron chi connectivity index (χ0n) is 12.1. The third-order valence-corrected chi connectivity index (χ3v) is 4.70. The number of amides is 2. The number of carbonyl (C=O) groups excluding carboxylic acids is 2. The number of hydrogen-bond donors (Lipinski definition) is 2. The van der Waals surface area contributed by atoms with E-state index >= 15 is 0 Å². The fourth-order valence-corrected chi connectivity index (χ4v) is 3.66. The fraction of sp³-hybridized carbons (Fsp3) is 0.375. The minimum absolute atomic E-state index is 0.0785. The number of fused-ring (bicyclic) bond motifs is 1. The number of carboxylic acids is 2.